The van der Waals surface area contributed by atoms with Crippen LogP contribution in [-0.4, -0.2) is 25.2 Å². The summed E-state index contributed by atoms with van der Waals surface area (Å²) in [5.41, 5.74) is 0. The lowest BCUT2D eigenvalue weighted by Crippen LogP contribution is -2.40. The molecule has 0 heterocycles. The van der Waals surface area contributed by atoms with Crippen molar-refractivity contribution in [1.82, 2.24) is 5.32 Å². The molecule has 0 aliphatic carbocycles. The van der Waals surface area contributed by atoms with Crippen LogP contribution in [0.2, 0.25) is 0 Å². The van der Waals surface area contributed by atoms with Gasteiger partial charge in [-0.05, 0) is 6.42 Å². The van der Waals surface area contributed by atoms with Gasteiger partial charge in [-0.3, -0.25) is 4.79 Å². The Labute approximate surface area is 68.1 Å². The maximum absolute atomic E-state index is 11.0. The van der Waals surface area contributed by atoms with E-state index >= 15 is 0 Å². The molecule has 0 amide bonds. The van der Waals surface area contributed by atoms with Crippen LogP contribution in [0.15, 0.2) is 0 Å². The van der Waals surface area contributed by atoms with Gasteiger partial charge in [0.05, 0.1) is 7.11 Å². The predicted octanol–water partition coefficient (Wildman–Crippen LogP) is 0.936. The van der Waals surface area contributed by atoms with Gasteiger partial charge in [-0.1, -0.05) is 20.8 Å². The first kappa shape index (κ1) is 10.4. The molecule has 66 valence electrons. The van der Waals surface area contributed by atoms with Gasteiger partial charge in [0.15, 0.2) is 0 Å². The van der Waals surface area contributed by atoms with Crippen LogP contribution in [0.4, 0.5) is 0 Å². The maximum atomic E-state index is 11.0. The summed E-state index contributed by atoms with van der Waals surface area (Å²) in [4.78, 5) is 11.0. The van der Waals surface area contributed by atoms with Crippen molar-refractivity contribution in [3.05, 3.63) is 0 Å². The summed E-state index contributed by atoms with van der Waals surface area (Å²) >= 11 is 0. The average Bonchev–Trinajstić information content (AvgIpc) is 1.98. The quantitative estimate of drug-likeness (QED) is 0.620. The molecule has 1 N–H and O–H groups in total. The fraction of sp³-hybridized carbons (Fsp3) is 0.875. The first-order valence-corrected chi connectivity index (χ1v) is 3.95. The van der Waals surface area contributed by atoms with Crippen LogP contribution in [0.1, 0.15) is 27.2 Å². The minimum absolute atomic E-state index is 0.153. The standard InChI is InChI=1S/C8H17NO2/c1-5-7(8(10)11-4)9-6(2)3/h6-7,9H,5H2,1-4H3. The molecular weight excluding hydrogens is 142 g/mol. The molecule has 0 aromatic carbocycles. The van der Waals surface area contributed by atoms with E-state index in [4.69, 9.17) is 0 Å². The molecule has 0 spiro atoms. The van der Waals surface area contributed by atoms with Crippen molar-refractivity contribution in [1.29, 1.82) is 0 Å². The lowest BCUT2D eigenvalue weighted by molar-refractivity contribution is -0.143. The molecule has 3 nitrogen and oxygen atoms in total. The number of hydrogen-bond acceptors (Lipinski definition) is 3. The van der Waals surface area contributed by atoms with Crippen LogP contribution in [0, 0.1) is 0 Å². The third kappa shape index (κ3) is 3.98. The predicted molar refractivity (Wildman–Crippen MR) is 44.4 cm³/mol. The minimum Gasteiger partial charge on any atom is -0.468 e. The molecule has 0 bridgehead atoms. The van der Waals surface area contributed by atoms with Gasteiger partial charge >= 0.3 is 5.97 Å². The Hall–Kier alpha value is -0.570. The van der Waals surface area contributed by atoms with Crippen molar-refractivity contribution in [3.8, 4) is 0 Å². The zero-order valence-electron chi connectivity index (χ0n) is 7.68. The summed E-state index contributed by atoms with van der Waals surface area (Å²) in [6, 6.07) is 0.166. The van der Waals surface area contributed by atoms with Crippen LogP contribution in [-0.2, 0) is 9.53 Å². The van der Waals surface area contributed by atoms with Crippen molar-refractivity contribution in [3.63, 3.8) is 0 Å². The van der Waals surface area contributed by atoms with Crippen LogP contribution >= 0.6 is 0 Å². The Kier molecular flexibility index (Phi) is 4.86. The number of esters is 1. The van der Waals surface area contributed by atoms with Gasteiger partial charge in [0.2, 0.25) is 0 Å². The van der Waals surface area contributed by atoms with Crippen molar-refractivity contribution in [2.45, 2.75) is 39.3 Å². The SMILES string of the molecule is CCC(NC(C)C)C(=O)OC. The lowest BCUT2D eigenvalue weighted by Gasteiger charge is -2.16. The highest BCUT2D eigenvalue weighted by molar-refractivity contribution is 5.75. The third-order valence-corrected chi connectivity index (χ3v) is 1.43. The summed E-state index contributed by atoms with van der Waals surface area (Å²) in [5.74, 6) is -0.179. The molecule has 0 aliphatic rings. The van der Waals surface area contributed by atoms with Crippen molar-refractivity contribution < 1.29 is 9.53 Å². The Balaban J connectivity index is 3.84. The number of methoxy groups -OCH3 is 1. The van der Waals surface area contributed by atoms with Crippen LogP contribution in [0.25, 0.3) is 0 Å². The Morgan fingerprint density at radius 3 is 2.36 bits per heavy atom. The zero-order valence-corrected chi connectivity index (χ0v) is 7.68. The number of nitrogens with one attached hydrogen (secondary N) is 1. The smallest absolute Gasteiger partial charge is 0.322 e. The first-order chi connectivity index (χ1) is 5.11. The summed E-state index contributed by atoms with van der Waals surface area (Å²) in [6.45, 7) is 5.97. The van der Waals surface area contributed by atoms with Crippen LogP contribution in [0.5, 0.6) is 0 Å². The normalized spacial score (nSPS) is 13.2. The second kappa shape index (κ2) is 5.13. The van der Waals surface area contributed by atoms with E-state index < -0.39 is 0 Å². The highest BCUT2D eigenvalue weighted by Crippen LogP contribution is 1.95. The fourth-order valence-corrected chi connectivity index (χ4v) is 0.897. The molecular formula is C8H17NO2. The molecule has 0 aromatic heterocycles. The van der Waals surface area contributed by atoms with E-state index in [1.165, 1.54) is 7.11 Å². The largest absolute Gasteiger partial charge is 0.468 e. The van der Waals surface area contributed by atoms with Crippen molar-refractivity contribution in [2.24, 2.45) is 0 Å². The number of carbonyl (C=O) groups is 1. The molecule has 1 unspecified atom stereocenters. The molecule has 0 aliphatic heterocycles. The van der Waals surface area contributed by atoms with E-state index in [0.29, 0.717) is 6.04 Å². The van der Waals surface area contributed by atoms with E-state index in [9.17, 15) is 4.79 Å². The van der Waals surface area contributed by atoms with Crippen molar-refractivity contribution in [2.75, 3.05) is 7.11 Å². The molecule has 0 rings (SSSR count). The van der Waals surface area contributed by atoms with Gasteiger partial charge in [0.1, 0.15) is 6.04 Å². The molecule has 0 saturated heterocycles. The van der Waals surface area contributed by atoms with Gasteiger partial charge in [-0.15, -0.1) is 0 Å². The first-order valence-electron chi connectivity index (χ1n) is 3.95. The topological polar surface area (TPSA) is 38.3 Å². The summed E-state index contributed by atoms with van der Waals surface area (Å²) in [7, 11) is 1.41. The fourth-order valence-electron chi connectivity index (χ4n) is 0.897. The van der Waals surface area contributed by atoms with Gasteiger partial charge in [0.25, 0.3) is 0 Å². The Morgan fingerprint density at radius 1 is 1.55 bits per heavy atom. The number of ether oxygens (including phenoxy) is 1. The molecule has 0 aromatic rings. The third-order valence-electron chi connectivity index (χ3n) is 1.43. The summed E-state index contributed by atoms with van der Waals surface area (Å²) in [6.07, 6.45) is 0.769. The number of hydrogen-bond donors (Lipinski definition) is 1. The monoisotopic (exact) mass is 159 g/mol. The molecule has 0 fully saturated rings. The highest BCUT2D eigenvalue weighted by atomic mass is 16.5. The van der Waals surface area contributed by atoms with Gasteiger partial charge < -0.3 is 10.1 Å². The van der Waals surface area contributed by atoms with E-state index in [1.54, 1.807) is 0 Å². The van der Waals surface area contributed by atoms with Gasteiger partial charge in [0, 0.05) is 6.04 Å². The van der Waals surface area contributed by atoms with E-state index in [-0.39, 0.29) is 12.0 Å². The van der Waals surface area contributed by atoms with Crippen LogP contribution < -0.4 is 5.32 Å². The number of carbonyl (C=O) groups excluding carboxylic acids is 1. The number of rotatable bonds is 4. The average molecular weight is 159 g/mol. The molecule has 0 radical (unpaired) electrons. The zero-order chi connectivity index (χ0) is 8.85. The van der Waals surface area contributed by atoms with E-state index in [2.05, 4.69) is 10.1 Å². The van der Waals surface area contributed by atoms with E-state index in [1.807, 2.05) is 20.8 Å². The van der Waals surface area contributed by atoms with Gasteiger partial charge in [-0.2, -0.15) is 0 Å². The summed E-state index contributed by atoms with van der Waals surface area (Å²) in [5, 5.41) is 3.11. The van der Waals surface area contributed by atoms with Gasteiger partial charge in [-0.25, -0.2) is 0 Å². The molecule has 3 heteroatoms. The Bertz CT molecular complexity index is 123. The highest BCUT2D eigenvalue weighted by Gasteiger charge is 2.16. The Morgan fingerprint density at radius 2 is 2.09 bits per heavy atom. The van der Waals surface area contributed by atoms with E-state index in [0.717, 1.165) is 6.42 Å². The summed E-state index contributed by atoms with van der Waals surface area (Å²) < 4.78 is 4.60. The van der Waals surface area contributed by atoms with Crippen LogP contribution in [0.3, 0.4) is 0 Å². The van der Waals surface area contributed by atoms with Crippen molar-refractivity contribution >= 4 is 5.97 Å². The molecule has 1 atom stereocenters. The maximum Gasteiger partial charge on any atom is 0.322 e. The lowest BCUT2D eigenvalue weighted by atomic mass is 10.2. The molecule has 11 heavy (non-hydrogen) atoms. The second-order valence-electron chi connectivity index (χ2n) is 2.81. The molecule has 0 saturated carbocycles. The minimum atomic E-state index is -0.179. The second-order valence-corrected chi connectivity index (χ2v) is 2.81.